The Labute approximate surface area is 117 Å². The summed E-state index contributed by atoms with van der Waals surface area (Å²) in [5.74, 6) is -4.54. The second-order valence-electron chi connectivity index (χ2n) is 3.66. The number of carbonyl (C=O) groups is 2. The van der Waals surface area contributed by atoms with Crippen LogP contribution in [0.25, 0.3) is 0 Å². The van der Waals surface area contributed by atoms with E-state index in [0.717, 1.165) is 0 Å². The number of carboxylic acid groups (broad SMARTS) is 1. The Kier molecular flexibility index (Phi) is 6.46. The van der Waals surface area contributed by atoms with Crippen molar-refractivity contribution in [1.29, 1.82) is 0 Å². The molecule has 0 aliphatic rings. The number of hydrogen-bond donors (Lipinski definition) is 2. The molecule has 0 bridgehead atoms. The van der Waals surface area contributed by atoms with Crippen molar-refractivity contribution >= 4 is 23.6 Å². The van der Waals surface area contributed by atoms with Crippen LogP contribution in [0.15, 0.2) is 16.5 Å². The van der Waals surface area contributed by atoms with Crippen molar-refractivity contribution in [2.45, 2.75) is 17.6 Å². The van der Waals surface area contributed by atoms with E-state index in [-0.39, 0.29) is 23.9 Å². The van der Waals surface area contributed by atoms with Gasteiger partial charge in [-0.2, -0.15) is 8.78 Å². The van der Waals surface area contributed by atoms with Crippen molar-refractivity contribution in [3.63, 3.8) is 0 Å². The molecule has 1 amide bonds. The highest BCUT2D eigenvalue weighted by Crippen LogP contribution is 2.21. The molecule has 6 nitrogen and oxygen atoms in total. The monoisotopic (exact) mass is 309 g/mol. The van der Waals surface area contributed by atoms with Crippen molar-refractivity contribution in [1.82, 2.24) is 5.32 Å². The molecular weight excluding hydrogens is 296 g/mol. The molecule has 0 aliphatic heterocycles. The number of furan rings is 1. The highest BCUT2D eigenvalue weighted by molar-refractivity contribution is 7.98. The van der Waals surface area contributed by atoms with E-state index in [4.69, 9.17) is 9.52 Å². The van der Waals surface area contributed by atoms with Crippen LogP contribution in [0, 0.1) is 0 Å². The van der Waals surface area contributed by atoms with Crippen LogP contribution < -0.4 is 5.32 Å². The summed E-state index contributed by atoms with van der Waals surface area (Å²) in [7, 11) is 1.30. The summed E-state index contributed by atoms with van der Waals surface area (Å²) >= 11 is 0.363. The van der Waals surface area contributed by atoms with Gasteiger partial charge in [0.2, 0.25) is 0 Å². The minimum Gasteiger partial charge on any atom is -0.480 e. The van der Waals surface area contributed by atoms with Crippen LogP contribution in [0.5, 0.6) is 0 Å². The first-order valence-electron chi connectivity index (χ1n) is 5.45. The lowest BCUT2D eigenvalue weighted by atomic mass is 10.3. The number of nitrogens with one attached hydrogen (secondary N) is 1. The van der Waals surface area contributed by atoms with Gasteiger partial charge in [-0.05, 0) is 12.1 Å². The Bertz CT molecular complexity index is 465. The molecule has 0 aromatic carbocycles. The first-order valence-corrected chi connectivity index (χ1v) is 6.50. The Morgan fingerprint density at radius 3 is 2.75 bits per heavy atom. The van der Waals surface area contributed by atoms with Crippen LogP contribution >= 0.6 is 11.8 Å². The molecule has 20 heavy (non-hydrogen) atoms. The van der Waals surface area contributed by atoms with E-state index < -0.39 is 23.7 Å². The maximum Gasteiger partial charge on any atom is 0.328 e. The summed E-state index contributed by atoms with van der Waals surface area (Å²) in [5, 5.41) is 11.0. The molecular formula is C11H13F2NO5S. The normalized spacial score (nSPS) is 12.4. The molecule has 1 aromatic rings. The van der Waals surface area contributed by atoms with Crippen LogP contribution in [0.1, 0.15) is 16.3 Å². The first-order chi connectivity index (χ1) is 9.43. The van der Waals surface area contributed by atoms with E-state index in [9.17, 15) is 18.4 Å². The number of aliphatic carboxylic acids is 1. The van der Waals surface area contributed by atoms with Gasteiger partial charge < -0.3 is 19.6 Å². The van der Waals surface area contributed by atoms with Crippen LogP contribution in [-0.4, -0.2) is 42.5 Å². The van der Waals surface area contributed by atoms with E-state index in [2.05, 4.69) is 10.1 Å². The van der Waals surface area contributed by atoms with E-state index in [0.29, 0.717) is 11.8 Å². The molecule has 1 aromatic heterocycles. The molecule has 1 heterocycles. The van der Waals surface area contributed by atoms with Crippen molar-refractivity contribution in [2.75, 3.05) is 13.7 Å². The molecule has 0 radical (unpaired) electrons. The number of amides is 1. The molecule has 0 spiro atoms. The number of carbonyl (C=O) groups excluding carboxylic acids is 1. The van der Waals surface area contributed by atoms with Crippen molar-refractivity contribution in [3.8, 4) is 0 Å². The van der Waals surface area contributed by atoms with E-state index in [1.807, 2.05) is 0 Å². The zero-order valence-electron chi connectivity index (χ0n) is 10.5. The van der Waals surface area contributed by atoms with Gasteiger partial charge in [0.25, 0.3) is 11.7 Å². The summed E-state index contributed by atoms with van der Waals surface area (Å²) in [6.45, 7) is -0.199. The zero-order valence-corrected chi connectivity index (χ0v) is 11.3. The summed E-state index contributed by atoms with van der Waals surface area (Å²) in [4.78, 5) is 22.5. The molecule has 112 valence electrons. The highest BCUT2D eigenvalue weighted by Gasteiger charge is 2.22. The van der Waals surface area contributed by atoms with Crippen LogP contribution in [-0.2, 0) is 15.3 Å². The zero-order chi connectivity index (χ0) is 15.1. The average molecular weight is 309 g/mol. The van der Waals surface area contributed by atoms with Crippen LogP contribution in [0.3, 0.4) is 0 Å². The van der Waals surface area contributed by atoms with Crippen molar-refractivity contribution in [3.05, 3.63) is 23.7 Å². The van der Waals surface area contributed by atoms with Gasteiger partial charge in [-0.1, -0.05) is 11.8 Å². The van der Waals surface area contributed by atoms with E-state index in [1.54, 1.807) is 0 Å². The van der Waals surface area contributed by atoms with Gasteiger partial charge in [-0.3, -0.25) is 4.79 Å². The summed E-state index contributed by atoms with van der Waals surface area (Å²) in [6.07, 6.45) is 0. The van der Waals surface area contributed by atoms with Crippen molar-refractivity contribution in [2.24, 2.45) is 0 Å². The third-order valence-electron chi connectivity index (χ3n) is 2.17. The second kappa shape index (κ2) is 7.85. The summed E-state index contributed by atoms with van der Waals surface area (Å²) in [6, 6.07) is 1.47. The largest absolute Gasteiger partial charge is 0.480 e. The SMILES string of the molecule is COCC(NC(=O)c1ccc(CSC(F)F)o1)C(=O)O. The number of alkyl halides is 2. The minimum absolute atomic E-state index is 0.0780. The molecule has 1 unspecified atom stereocenters. The highest BCUT2D eigenvalue weighted by atomic mass is 32.2. The lowest BCUT2D eigenvalue weighted by molar-refractivity contribution is -0.140. The Morgan fingerprint density at radius 2 is 2.20 bits per heavy atom. The minimum atomic E-state index is -2.53. The Balaban J connectivity index is 2.60. The fourth-order valence-electron chi connectivity index (χ4n) is 1.29. The molecule has 0 saturated carbocycles. The lowest BCUT2D eigenvalue weighted by Gasteiger charge is -2.12. The third-order valence-corrected chi connectivity index (χ3v) is 2.88. The topological polar surface area (TPSA) is 88.8 Å². The number of ether oxygens (including phenoxy) is 1. The molecule has 0 saturated heterocycles. The molecule has 0 aliphatic carbocycles. The smallest absolute Gasteiger partial charge is 0.328 e. The molecule has 1 atom stereocenters. The Hall–Kier alpha value is -1.61. The maximum absolute atomic E-state index is 12.0. The maximum atomic E-state index is 12.0. The van der Waals surface area contributed by atoms with E-state index >= 15 is 0 Å². The van der Waals surface area contributed by atoms with Crippen LogP contribution in [0.4, 0.5) is 8.78 Å². The summed E-state index contributed by atoms with van der Waals surface area (Å²) in [5.41, 5.74) is 0. The van der Waals surface area contributed by atoms with Crippen LogP contribution in [0.2, 0.25) is 0 Å². The quantitative estimate of drug-likeness (QED) is 0.757. The van der Waals surface area contributed by atoms with Crippen molar-refractivity contribution < 1.29 is 32.6 Å². The molecule has 2 N–H and O–H groups in total. The number of thioether (sulfide) groups is 1. The standard InChI is InChI=1S/C11H13F2NO5S/c1-18-4-7(10(16)17)14-9(15)8-3-2-6(19-8)5-20-11(12)13/h2-3,7,11H,4-5H2,1H3,(H,14,15)(H,16,17). The second-order valence-corrected chi connectivity index (χ2v) is 4.64. The lowest BCUT2D eigenvalue weighted by Crippen LogP contribution is -2.43. The van der Waals surface area contributed by atoms with Gasteiger partial charge in [-0.15, -0.1) is 0 Å². The predicted molar refractivity (Wildman–Crippen MR) is 66.8 cm³/mol. The fraction of sp³-hybridized carbons (Fsp3) is 0.455. The molecule has 0 fully saturated rings. The average Bonchev–Trinajstić information content (AvgIpc) is 2.84. The number of carboxylic acids is 1. The Morgan fingerprint density at radius 1 is 1.50 bits per heavy atom. The van der Waals surface area contributed by atoms with Gasteiger partial charge >= 0.3 is 5.97 Å². The van der Waals surface area contributed by atoms with E-state index in [1.165, 1.54) is 19.2 Å². The number of halogens is 2. The first kappa shape index (κ1) is 16.4. The third kappa shape index (κ3) is 5.17. The number of rotatable bonds is 8. The van der Waals surface area contributed by atoms with Gasteiger partial charge in [0.1, 0.15) is 5.76 Å². The fourth-order valence-corrected chi connectivity index (χ4v) is 1.74. The van der Waals surface area contributed by atoms with Gasteiger partial charge in [0.05, 0.1) is 12.4 Å². The van der Waals surface area contributed by atoms with Gasteiger partial charge in [0.15, 0.2) is 11.8 Å². The van der Waals surface area contributed by atoms with Gasteiger partial charge in [0, 0.05) is 7.11 Å². The number of hydrogen-bond acceptors (Lipinski definition) is 5. The number of methoxy groups -OCH3 is 1. The predicted octanol–water partition coefficient (Wildman–Crippen LogP) is 1.56. The molecule has 1 rings (SSSR count). The molecule has 9 heteroatoms. The van der Waals surface area contributed by atoms with Gasteiger partial charge in [-0.25, -0.2) is 4.79 Å². The summed E-state index contributed by atoms with van der Waals surface area (Å²) < 4.78 is 33.7.